The van der Waals surface area contributed by atoms with Gasteiger partial charge < -0.3 is 13.9 Å². The number of ether oxygens (including phenoxy) is 1. The van der Waals surface area contributed by atoms with Crippen molar-refractivity contribution in [3.63, 3.8) is 0 Å². The molecule has 196 valence electrons. The lowest BCUT2D eigenvalue weighted by atomic mass is 10.1. The van der Waals surface area contributed by atoms with Crippen molar-refractivity contribution in [2.24, 2.45) is 0 Å². The van der Waals surface area contributed by atoms with Gasteiger partial charge in [-0.3, -0.25) is 9.59 Å². The second-order valence-corrected chi connectivity index (χ2v) is 9.87. The summed E-state index contributed by atoms with van der Waals surface area (Å²) < 4.78 is 9.08. The third-order valence-corrected chi connectivity index (χ3v) is 7.12. The summed E-state index contributed by atoms with van der Waals surface area (Å²) in [6.45, 7) is 5.79. The van der Waals surface area contributed by atoms with Gasteiger partial charge in [-0.05, 0) is 42.7 Å². The van der Waals surface area contributed by atoms with Crippen LogP contribution in [0.5, 0.6) is 5.75 Å². The molecule has 0 aliphatic heterocycles. The maximum atomic E-state index is 13.7. The fourth-order valence-corrected chi connectivity index (χ4v) is 4.95. The Morgan fingerprint density at radius 3 is 1.78 bits per heavy atom. The Balaban J connectivity index is 1.97. The lowest BCUT2D eigenvalue weighted by Gasteiger charge is -2.17. The lowest BCUT2D eigenvalue weighted by molar-refractivity contribution is 0.415. The minimum Gasteiger partial charge on any atom is -0.497 e. The predicted octanol–water partition coefficient (Wildman–Crippen LogP) is 7.56. The summed E-state index contributed by atoms with van der Waals surface area (Å²) in [5.74, 6) is 0.756. The van der Waals surface area contributed by atoms with Gasteiger partial charge in [0.25, 0.3) is 11.1 Å². The van der Waals surface area contributed by atoms with Crippen LogP contribution < -0.4 is 15.9 Å². The fraction of sp³-hybridized carbons (Fsp3) is 0.548. The predicted molar refractivity (Wildman–Crippen MR) is 151 cm³/mol. The Bertz CT molecular complexity index is 1190. The van der Waals surface area contributed by atoms with Gasteiger partial charge in [0.05, 0.1) is 18.1 Å². The highest BCUT2D eigenvalue weighted by Gasteiger charge is 2.14. The zero-order valence-electron chi connectivity index (χ0n) is 22.6. The number of unbranched alkanes of at least 4 members (excludes halogenated alkanes) is 10. The van der Waals surface area contributed by atoms with Crippen molar-refractivity contribution in [1.82, 2.24) is 9.13 Å². The standard InChI is InChI=1S/C31H44N2O3/c1-4-6-8-10-12-14-22-32-29-24-27(25-16-18-26(36-3)19-17-25)31(35)33(28(29)20-21-30(32)34)23-15-13-11-9-7-5-2/h16-21,24H,4-15,22-23H2,1-3H3. The maximum Gasteiger partial charge on any atom is 0.259 e. The second-order valence-electron chi connectivity index (χ2n) is 9.87. The normalized spacial score (nSPS) is 11.3. The summed E-state index contributed by atoms with van der Waals surface area (Å²) in [5.41, 5.74) is 3.21. The molecule has 3 aromatic rings. The van der Waals surface area contributed by atoms with Crippen LogP contribution in [0, 0.1) is 0 Å². The third-order valence-electron chi connectivity index (χ3n) is 7.12. The van der Waals surface area contributed by atoms with Crippen LogP contribution in [0.1, 0.15) is 90.9 Å². The fourth-order valence-electron chi connectivity index (χ4n) is 4.95. The summed E-state index contributed by atoms with van der Waals surface area (Å²) in [4.78, 5) is 26.7. The van der Waals surface area contributed by atoms with Crippen molar-refractivity contribution in [2.45, 2.75) is 104 Å². The molecular weight excluding hydrogens is 448 g/mol. The van der Waals surface area contributed by atoms with E-state index in [2.05, 4.69) is 13.8 Å². The summed E-state index contributed by atoms with van der Waals surface area (Å²) >= 11 is 0. The number of hydrogen-bond acceptors (Lipinski definition) is 3. The number of benzene rings is 1. The molecule has 5 heteroatoms. The largest absolute Gasteiger partial charge is 0.497 e. The van der Waals surface area contributed by atoms with Crippen LogP contribution >= 0.6 is 0 Å². The molecule has 0 unspecified atom stereocenters. The first-order chi connectivity index (χ1) is 17.6. The minimum atomic E-state index is 0.00139. The molecule has 0 aliphatic carbocycles. The Labute approximate surface area is 216 Å². The highest BCUT2D eigenvalue weighted by molar-refractivity contribution is 5.81. The third kappa shape index (κ3) is 7.35. The average molecular weight is 493 g/mol. The Kier molecular flexibility index (Phi) is 11.3. The molecule has 1 aromatic carbocycles. The number of hydrogen-bond donors (Lipinski definition) is 0. The van der Waals surface area contributed by atoms with Gasteiger partial charge in [0.1, 0.15) is 5.75 Å². The summed E-state index contributed by atoms with van der Waals surface area (Å²) in [6.07, 6.45) is 14.0. The first-order valence-corrected chi connectivity index (χ1v) is 14.0. The van der Waals surface area contributed by atoms with Crippen molar-refractivity contribution >= 4 is 11.0 Å². The number of aromatic nitrogens is 2. The van der Waals surface area contributed by atoms with Gasteiger partial charge in [-0.25, -0.2) is 0 Å². The summed E-state index contributed by atoms with van der Waals surface area (Å²) in [5, 5.41) is 0. The van der Waals surface area contributed by atoms with Crippen LogP contribution in [0.4, 0.5) is 0 Å². The average Bonchev–Trinajstić information content (AvgIpc) is 2.90. The summed E-state index contributed by atoms with van der Waals surface area (Å²) in [7, 11) is 1.64. The van der Waals surface area contributed by atoms with Crippen molar-refractivity contribution < 1.29 is 4.74 Å². The number of fused-ring (bicyclic) bond motifs is 1. The Hall–Kier alpha value is -2.82. The van der Waals surface area contributed by atoms with Crippen molar-refractivity contribution in [2.75, 3.05) is 7.11 Å². The van der Waals surface area contributed by atoms with E-state index in [0.717, 1.165) is 48.0 Å². The smallest absolute Gasteiger partial charge is 0.259 e. The molecule has 36 heavy (non-hydrogen) atoms. The second kappa shape index (κ2) is 14.7. The number of rotatable bonds is 16. The molecule has 0 saturated carbocycles. The van der Waals surface area contributed by atoms with E-state index in [-0.39, 0.29) is 11.1 Å². The van der Waals surface area contributed by atoms with E-state index >= 15 is 0 Å². The van der Waals surface area contributed by atoms with Gasteiger partial charge in [-0.1, -0.05) is 90.2 Å². The zero-order valence-corrected chi connectivity index (χ0v) is 22.6. The van der Waals surface area contributed by atoms with E-state index in [1.165, 1.54) is 51.4 Å². The van der Waals surface area contributed by atoms with Gasteiger partial charge in [0.2, 0.25) is 0 Å². The van der Waals surface area contributed by atoms with E-state index in [1.54, 1.807) is 13.2 Å². The highest BCUT2D eigenvalue weighted by atomic mass is 16.5. The van der Waals surface area contributed by atoms with E-state index in [1.807, 2.05) is 45.5 Å². The monoisotopic (exact) mass is 492 g/mol. The van der Waals surface area contributed by atoms with Crippen LogP contribution in [0.2, 0.25) is 0 Å². The van der Waals surface area contributed by atoms with Crippen LogP contribution in [0.15, 0.2) is 52.1 Å². The molecule has 0 bridgehead atoms. The maximum absolute atomic E-state index is 13.7. The molecule has 0 saturated heterocycles. The Morgan fingerprint density at radius 1 is 0.639 bits per heavy atom. The van der Waals surface area contributed by atoms with Crippen LogP contribution in [-0.2, 0) is 13.1 Å². The van der Waals surface area contributed by atoms with E-state index < -0.39 is 0 Å². The lowest BCUT2D eigenvalue weighted by Crippen LogP contribution is -2.27. The van der Waals surface area contributed by atoms with E-state index in [0.29, 0.717) is 18.7 Å². The minimum absolute atomic E-state index is 0.00139. The molecular formula is C31H44N2O3. The number of aryl methyl sites for hydroxylation is 2. The molecule has 0 aliphatic rings. The molecule has 0 amide bonds. The van der Waals surface area contributed by atoms with Crippen LogP contribution in [0.3, 0.4) is 0 Å². The van der Waals surface area contributed by atoms with E-state index in [4.69, 9.17) is 4.74 Å². The van der Waals surface area contributed by atoms with Gasteiger partial charge in [-0.2, -0.15) is 0 Å². The first-order valence-electron chi connectivity index (χ1n) is 14.0. The topological polar surface area (TPSA) is 53.2 Å². The Morgan fingerprint density at radius 2 is 1.19 bits per heavy atom. The quantitative estimate of drug-likeness (QED) is 0.194. The zero-order chi connectivity index (χ0) is 25.8. The van der Waals surface area contributed by atoms with Crippen LogP contribution in [-0.4, -0.2) is 16.2 Å². The molecule has 3 rings (SSSR count). The first kappa shape index (κ1) is 27.8. The van der Waals surface area contributed by atoms with Crippen molar-refractivity contribution in [3.8, 4) is 16.9 Å². The molecule has 2 aromatic heterocycles. The summed E-state index contributed by atoms with van der Waals surface area (Å²) in [6, 6.07) is 13.0. The SMILES string of the molecule is CCCCCCCCn1c(=O)ccc2c1cc(-c1ccc(OC)cc1)c(=O)n2CCCCCCCC. The number of nitrogens with zero attached hydrogens (tertiary/aromatic N) is 2. The molecule has 0 spiro atoms. The number of pyridine rings is 2. The molecule has 5 nitrogen and oxygen atoms in total. The van der Waals surface area contributed by atoms with Crippen LogP contribution in [0.25, 0.3) is 22.2 Å². The molecule has 0 fully saturated rings. The number of methoxy groups -OCH3 is 1. The van der Waals surface area contributed by atoms with Gasteiger partial charge in [0.15, 0.2) is 0 Å². The van der Waals surface area contributed by atoms with Gasteiger partial charge >= 0.3 is 0 Å². The molecule has 0 radical (unpaired) electrons. The van der Waals surface area contributed by atoms with Gasteiger partial charge in [0, 0.05) is 24.7 Å². The van der Waals surface area contributed by atoms with Gasteiger partial charge in [-0.15, -0.1) is 0 Å². The molecule has 0 N–H and O–H groups in total. The van der Waals surface area contributed by atoms with Crippen molar-refractivity contribution in [3.05, 3.63) is 63.2 Å². The molecule has 2 heterocycles. The molecule has 0 atom stereocenters. The van der Waals surface area contributed by atoms with E-state index in [9.17, 15) is 9.59 Å². The highest BCUT2D eigenvalue weighted by Crippen LogP contribution is 2.24. The van der Waals surface area contributed by atoms with Crippen molar-refractivity contribution in [1.29, 1.82) is 0 Å².